The molecule has 28 heavy (non-hydrogen) atoms. The van der Waals surface area contributed by atoms with E-state index in [2.05, 4.69) is 9.97 Å². The first-order chi connectivity index (χ1) is 13.5. The molecule has 1 aliphatic rings. The molecular formula is C21H24N4O3. The summed E-state index contributed by atoms with van der Waals surface area (Å²) in [7, 11) is 1.35. The first kappa shape index (κ1) is 18.3. The minimum atomic E-state index is -0.417. The fourth-order valence-corrected chi connectivity index (χ4v) is 4.08. The summed E-state index contributed by atoms with van der Waals surface area (Å²) >= 11 is 0. The van der Waals surface area contributed by atoms with Crippen molar-refractivity contribution in [3.05, 3.63) is 52.6 Å². The highest BCUT2D eigenvalue weighted by atomic mass is 16.5. The van der Waals surface area contributed by atoms with Crippen molar-refractivity contribution < 1.29 is 14.3 Å². The molecule has 4 rings (SSSR count). The number of esters is 1. The fourth-order valence-electron chi connectivity index (χ4n) is 4.08. The number of imidazole rings is 1. The molecule has 0 bridgehead atoms. The number of para-hydroxylation sites is 2. The first-order valence-corrected chi connectivity index (χ1v) is 9.60. The van der Waals surface area contributed by atoms with Crippen molar-refractivity contribution in [3.8, 4) is 0 Å². The lowest BCUT2D eigenvalue weighted by Gasteiger charge is -2.23. The van der Waals surface area contributed by atoms with Crippen LogP contribution in [0.3, 0.4) is 0 Å². The molecule has 2 N–H and O–H groups in total. The summed E-state index contributed by atoms with van der Waals surface area (Å²) in [5.74, 6) is 0.283. The number of benzene rings is 1. The maximum Gasteiger partial charge on any atom is 0.339 e. The van der Waals surface area contributed by atoms with Gasteiger partial charge in [0.05, 0.1) is 29.7 Å². The van der Waals surface area contributed by atoms with Crippen molar-refractivity contribution in [1.82, 2.24) is 19.9 Å². The molecule has 0 saturated carbocycles. The predicted octanol–water partition coefficient (Wildman–Crippen LogP) is 3.53. The van der Waals surface area contributed by atoms with Crippen molar-refractivity contribution in [1.29, 1.82) is 0 Å². The Bertz CT molecular complexity index is 1020. The maximum absolute atomic E-state index is 13.4. The Hall–Kier alpha value is -3.09. The van der Waals surface area contributed by atoms with Crippen LogP contribution in [0.2, 0.25) is 0 Å². The van der Waals surface area contributed by atoms with Crippen molar-refractivity contribution in [2.75, 3.05) is 13.7 Å². The highest BCUT2D eigenvalue weighted by Gasteiger charge is 2.35. The lowest BCUT2D eigenvalue weighted by Crippen LogP contribution is -2.31. The minimum Gasteiger partial charge on any atom is -0.465 e. The maximum atomic E-state index is 13.4. The molecule has 1 aliphatic heterocycles. The zero-order valence-corrected chi connectivity index (χ0v) is 16.3. The third-order valence-corrected chi connectivity index (χ3v) is 5.52. The first-order valence-electron chi connectivity index (χ1n) is 9.60. The lowest BCUT2D eigenvalue weighted by molar-refractivity contribution is 0.0599. The van der Waals surface area contributed by atoms with E-state index < -0.39 is 5.97 Å². The largest absolute Gasteiger partial charge is 0.465 e. The van der Waals surface area contributed by atoms with Gasteiger partial charge < -0.3 is 19.6 Å². The van der Waals surface area contributed by atoms with Crippen LogP contribution >= 0.6 is 0 Å². The van der Waals surface area contributed by atoms with Crippen LogP contribution in [0.5, 0.6) is 0 Å². The number of nitrogens with one attached hydrogen (secondary N) is 2. The van der Waals surface area contributed by atoms with Gasteiger partial charge in [0.15, 0.2) is 0 Å². The second-order valence-electron chi connectivity index (χ2n) is 7.12. The van der Waals surface area contributed by atoms with E-state index in [1.54, 1.807) is 6.92 Å². The molecule has 146 valence electrons. The van der Waals surface area contributed by atoms with Gasteiger partial charge in [-0.05, 0) is 43.9 Å². The van der Waals surface area contributed by atoms with Crippen LogP contribution in [0.4, 0.5) is 0 Å². The van der Waals surface area contributed by atoms with Crippen LogP contribution in [0, 0.1) is 6.92 Å². The van der Waals surface area contributed by atoms with Gasteiger partial charge in [-0.25, -0.2) is 9.78 Å². The second-order valence-corrected chi connectivity index (χ2v) is 7.12. The quantitative estimate of drug-likeness (QED) is 0.678. The molecule has 0 aliphatic carbocycles. The molecule has 7 nitrogen and oxygen atoms in total. The van der Waals surface area contributed by atoms with Gasteiger partial charge in [0.2, 0.25) is 0 Å². The zero-order valence-electron chi connectivity index (χ0n) is 16.3. The molecule has 1 fully saturated rings. The Morgan fingerprint density at radius 2 is 2.07 bits per heavy atom. The molecular weight excluding hydrogens is 356 g/mol. The standard InChI is InChI=1S/C21H24N4O3/c1-4-13-17(21(27)28-3)12(2)18(22-13)20(26)25-11-7-10-16(25)19-23-14-8-5-6-9-15(14)24-19/h5-6,8-9,16,22H,4,7,10-11H2,1-3H3,(H,23,24)/t16-/m1/s1. The van der Waals surface area contributed by atoms with Crippen molar-refractivity contribution >= 4 is 22.9 Å². The van der Waals surface area contributed by atoms with E-state index in [4.69, 9.17) is 9.72 Å². The Labute approximate surface area is 163 Å². The Balaban J connectivity index is 1.69. The number of methoxy groups -OCH3 is 1. The topological polar surface area (TPSA) is 91.1 Å². The van der Waals surface area contributed by atoms with Gasteiger partial charge in [0.1, 0.15) is 11.5 Å². The van der Waals surface area contributed by atoms with Crippen LogP contribution < -0.4 is 0 Å². The number of ether oxygens (including phenoxy) is 1. The molecule has 3 heterocycles. The molecule has 1 atom stereocenters. The number of aromatic nitrogens is 3. The van der Waals surface area contributed by atoms with E-state index >= 15 is 0 Å². The zero-order chi connectivity index (χ0) is 19.8. The third kappa shape index (κ3) is 2.87. The van der Waals surface area contributed by atoms with Crippen molar-refractivity contribution in [3.63, 3.8) is 0 Å². The number of carbonyl (C=O) groups excluding carboxylic acids is 2. The minimum absolute atomic E-state index is 0.103. The number of likely N-dealkylation sites (tertiary alicyclic amines) is 1. The van der Waals surface area contributed by atoms with E-state index in [1.165, 1.54) is 7.11 Å². The number of rotatable bonds is 4. The van der Waals surface area contributed by atoms with E-state index in [1.807, 2.05) is 36.1 Å². The SMILES string of the molecule is CCc1[nH]c(C(=O)N2CCC[C@@H]2c2nc3ccccc3[nH]2)c(C)c1C(=O)OC. The van der Waals surface area contributed by atoms with Gasteiger partial charge in [-0.15, -0.1) is 0 Å². The van der Waals surface area contributed by atoms with Gasteiger partial charge >= 0.3 is 5.97 Å². The molecule has 7 heteroatoms. The molecule has 1 saturated heterocycles. The van der Waals surface area contributed by atoms with Crippen molar-refractivity contribution in [2.24, 2.45) is 0 Å². The van der Waals surface area contributed by atoms with E-state index in [0.717, 1.165) is 35.4 Å². The van der Waals surface area contributed by atoms with Crippen molar-refractivity contribution in [2.45, 2.75) is 39.2 Å². The van der Waals surface area contributed by atoms with Crippen LogP contribution in [0.15, 0.2) is 24.3 Å². The number of H-pyrrole nitrogens is 2. The number of aromatic amines is 2. The summed E-state index contributed by atoms with van der Waals surface area (Å²) in [5, 5.41) is 0. The van der Waals surface area contributed by atoms with Gasteiger partial charge in [0, 0.05) is 12.2 Å². The van der Waals surface area contributed by atoms with Crippen LogP contribution in [0.1, 0.15) is 63.7 Å². The molecule has 3 aromatic rings. The Kier molecular flexibility index (Phi) is 4.66. The van der Waals surface area contributed by atoms with E-state index in [9.17, 15) is 9.59 Å². The average Bonchev–Trinajstić information content (AvgIpc) is 3.42. The summed E-state index contributed by atoms with van der Waals surface area (Å²) in [4.78, 5) is 38.6. The monoisotopic (exact) mass is 380 g/mol. The fraction of sp³-hybridized carbons (Fsp3) is 0.381. The van der Waals surface area contributed by atoms with Gasteiger partial charge in [-0.2, -0.15) is 0 Å². The molecule has 0 spiro atoms. The third-order valence-electron chi connectivity index (χ3n) is 5.52. The predicted molar refractivity (Wildman–Crippen MR) is 105 cm³/mol. The van der Waals surface area contributed by atoms with Crippen LogP contribution in [0.25, 0.3) is 11.0 Å². The number of nitrogens with zero attached hydrogens (tertiary/aromatic N) is 2. The molecule has 2 aromatic heterocycles. The number of carbonyl (C=O) groups is 2. The van der Waals surface area contributed by atoms with E-state index in [0.29, 0.717) is 29.8 Å². The lowest BCUT2D eigenvalue weighted by atomic mass is 10.1. The number of aryl methyl sites for hydroxylation is 1. The second kappa shape index (κ2) is 7.14. The summed E-state index contributed by atoms with van der Waals surface area (Å²) in [6.45, 7) is 4.40. The molecule has 1 aromatic carbocycles. The Morgan fingerprint density at radius 1 is 1.29 bits per heavy atom. The molecule has 0 unspecified atom stereocenters. The number of fused-ring (bicyclic) bond motifs is 1. The van der Waals surface area contributed by atoms with Crippen LogP contribution in [-0.2, 0) is 11.2 Å². The van der Waals surface area contributed by atoms with Gasteiger partial charge in [-0.1, -0.05) is 19.1 Å². The summed E-state index contributed by atoms with van der Waals surface area (Å²) in [6, 6.07) is 7.76. The molecule has 1 amide bonds. The summed E-state index contributed by atoms with van der Waals surface area (Å²) in [6.07, 6.45) is 2.39. The number of hydrogen-bond donors (Lipinski definition) is 2. The average molecular weight is 380 g/mol. The number of amides is 1. The summed E-state index contributed by atoms with van der Waals surface area (Å²) in [5.41, 5.74) is 4.16. The highest BCUT2D eigenvalue weighted by molar-refractivity contribution is 6.00. The summed E-state index contributed by atoms with van der Waals surface area (Å²) < 4.78 is 4.90. The van der Waals surface area contributed by atoms with Crippen LogP contribution in [-0.4, -0.2) is 45.4 Å². The molecule has 0 radical (unpaired) electrons. The highest BCUT2D eigenvalue weighted by Crippen LogP contribution is 2.33. The normalized spacial score (nSPS) is 16.7. The Morgan fingerprint density at radius 3 is 2.79 bits per heavy atom. The number of hydrogen-bond acceptors (Lipinski definition) is 4. The van der Waals surface area contributed by atoms with Gasteiger partial charge in [0.25, 0.3) is 5.91 Å². The van der Waals surface area contributed by atoms with Gasteiger partial charge in [-0.3, -0.25) is 4.79 Å². The smallest absolute Gasteiger partial charge is 0.339 e. The van der Waals surface area contributed by atoms with E-state index in [-0.39, 0.29) is 11.9 Å².